The van der Waals surface area contributed by atoms with Crippen molar-refractivity contribution in [3.05, 3.63) is 241 Å². The van der Waals surface area contributed by atoms with Crippen molar-refractivity contribution in [2.24, 2.45) is 0 Å². The average Bonchev–Trinajstić information content (AvgIpc) is 3.89. The van der Waals surface area contributed by atoms with E-state index in [0.717, 1.165) is 73.0 Å². The number of nitrogens with zero attached hydrogens (tertiary/aromatic N) is 2. The first-order valence-electron chi connectivity index (χ1n) is 21.4. The standard InChI is InChI=1S/C59H36N2OS/c1-3-17-37(18-4-1)39-33-34-40(46(35-39)38-19-5-2-6-20-38)51-36-52(44-24-15-23-42-41-21-8-14-32-55(41)63-57(42)44)61-58(60-51)45-25-16-29-50-56(45)43-22-7-9-26-47(43)59(50)48-27-10-12-30-53(48)62-54-31-13-11-28-49(54)59/h1-36H. The van der Waals surface area contributed by atoms with Crippen LogP contribution < -0.4 is 4.74 Å². The summed E-state index contributed by atoms with van der Waals surface area (Å²) in [5.41, 5.74) is 15.9. The summed E-state index contributed by atoms with van der Waals surface area (Å²) >= 11 is 1.83. The first kappa shape index (κ1) is 35.8. The molecular weight excluding hydrogens is 785 g/mol. The summed E-state index contributed by atoms with van der Waals surface area (Å²) in [6.45, 7) is 0. The van der Waals surface area contributed by atoms with Crippen LogP contribution in [0.2, 0.25) is 0 Å². The molecule has 1 spiro atoms. The summed E-state index contributed by atoms with van der Waals surface area (Å²) in [5, 5.41) is 2.50. The minimum Gasteiger partial charge on any atom is -0.457 e. The molecule has 2 aliphatic rings. The first-order valence-corrected chi connectivity index (χ1v) is 22.2. The van der Waals surface area contributed by atoms with Gasteiger partial charge in [0.05, 0.1) is 16.8 Å². The van der Waals surface area contributed by atoms with Crippen LogP contribution in [0.25, 0.3) is 87.5 Å². The predicted molar refractivity (Wildman–Crippen MR) is 259 cm³/mol. The molecule has 3 heterocycles. The van der Waals surface area contributed by atoms with Crippen molar-refractivity contribution in [2.75, 3.05) is 0 Å². The van der Waals surface area contributed by atoms with Gasteiger partial charge in [0.25, 0.3) is 0 Å². The van der Waals surface area contributed by atoms with E-state index < -0.39 is 5.41 Å². The van der Waals surface area contributed by atoms with E-state index in [-0.39, 0.29) is 0 Å². The second kappa shape index (κ2) is 14.1. The molecule has 0 saturated heterocycles. The van der Waals surface area contributed by atoms with Crippen LogP contribution in [-0.2, 0) is 5.41 Å². The molecule has 0 unspecified atom stereocenters. The SMILES string of the molecule is c1ccc(-c2ccc(-c3cc(-c4cccc5c4sc4ccccc45)nc(-c4cccc5c4-c4ccccc4C54c5ccccc5Oc5ccccc54)n3)c(-c3ccccc3)c2)cc1. The molecule has 0 atom stereocenters. The van der Waals surface area contributed by atoms with Gasteiger partial charge in [0, 0.05) is 48.0 Å². The molecule has 3 nitrogen and oxygen atoms in total. The summed E-state index contributed by atoms with van der Waals surface area (Å²) in [5.74, 6) is 2.42. The zero-order chi connectivity index (χ0) is 41.5. The van der Waals surface area contributed by atoms with Gasteiger partial charge < -0.3 is 4.74 Å². The van der Waals surface area contributed by atoms with E-state index >= 15 is 0 Å². The molecule has 294 valence electrons. The molecule has 1 aliphatic heterocycles. The first-order chi connectivity index (χ1) is 31.2. The molecule has 0 radical (unpaired) electrons. The molecule has 1 aliphatic carbocycles. The minimum absolute atomic E-state index is 0.607. The molecular formula is C59H36N2OS. The summed E-state index contributed by atoms with van der Waals surface area (Å²) in [4.78, 5) is 11.3. The normalized spacial score (nSPS) is 13.0. The van der Waals surface area contributed by atoms with Crippen LogP contribution in [0.4, 0.5) is 0 Å². The molecule has 2 aromatic heterocycles. The van der Waals surface area contributed by atoms with E-state index in [1.165, 1.54) is 42.4 Å². The monoisotopic (exact) mass is 820 g/mol. The van der Waals surface area contributed by atoms with Crippen molar-refractivity contribution in [2.45, 2.75) is 5.41 Å². The van der Waals surface area contributed by atoms with Gasteiger partial charge >= 0.3 is 0 Å². The predicted octanol–water partition coefficient (Wildman–Crippen LogP) is 15.6. The van der Waals surface area contributed by atoms with E-state index in [1.807, 2.05) is 11.3 Å². The molecule has 0 bridgehead atoms. The number of hydrogen-bond acceptors (Lipinski definition) is 4. The number of benzene rings is 9. The maximum Gasteiger partial charge on any atom is 0.161 e. The third-order valence-corrected chi connectivity index (χ3v) is 14.2. The van der Waals surface area contributed by atoms with Gasteiger partial charge in [0.1, 0.15) is 11.5 Å². The van der Waals surface area contributed by atoms with Crippen LogP contribution in [0, 0.1) is 0 Å². The van der Waals surface area contributed by atoms with Crippen molar-refractivity contribution >= 4 is 31.5 Å². The quantitative estimate of drug-likeness (QED) is 0.173. The van der Waals surface area contributed by atoms with Crippen molar-refractivity contribution in [3.63, 3.8) is 0 Å². The van der Waals surface area contributed by atoms with Crippen molar-refractivity contribution in [3.8, 4) is 78.8 Å². The van der Waals surface area contributed by atoms with Crippen molar-refractivity contribution in [1.82, 2.24) is 9.97 Å². The van der Waals surface area contributed by atoms with Crippen LogP contribution in [0.15, 0.2) is 218 Å². The molecule has 63 heavy (non-hydrogen) atoms. The lowest BCUT2D eigenvalue weighted by molar-refractivity contribution is 0.436. The lowest BCUT2D eigenvalue weighted by atomic mass is 9.66. The Morgan fingerprint density at radius 3 is 1.71 bits per heavy atom. The van der Waals surface area contributed by atoms with Crippen molar-refractivity contribution in [1.29, 1.82) is 0 Å². The van der Waals surface area contributed by atoms with Crippen molar-refractivity contribution < 1.29 is 4.74 Å². The Kier molecular flexibility index (Phi) is 7.99. The van der Waals surface area contributed by atoms with Crippen LogP contribution in [-0.4, -0.2) is 9.97 Å². The zero-order valence-corrected chi connectivity index (χ0v) is 34.8. The molecule has 0 N–H and O–H groups in total. The lowest BCUT2D eigenvalue weighted by Crippen LogP contribution is -2.32. The topological polar surface area (TPSA) is 35.0 Å². The number of thiophene rings is 1. The smallest absolute Gasteiger partial charge is 0.161 e. The van der Waals surface area contributed by atoms with Crippen LogP contribution in [0.3, 0.4) is 0 Å². The maximum absolute atomic E-state index is 6.66. The molecule has 0 fully saturated rings. The fourth-order valence-corrected chi connectivity index (χ4v) is 11.5. The van der Waals surface area contributed by atoms with Gasteiger partial charge in [0.2, 0.25) is 0 Å². The fraction of sp³-hybridized carbons (Fsp3) is 0.0169. The molecule has 9 aromatic carbocycles. The minimum atomic E-state index is -0.607. The van der Waals surface area contributed by atoms with Crippen LogP contribution in [0.5, 0.6) is 11.5 Å². The van der Waals surface area contributed by atoms with E-state index in [0.29, 0.717) is 5.82 Å². The third-order valence-electron chi connectivity index (χ3n) is 13.0. The van der Waals surface area contributed by atoms with Gasteiger partial charge in [-0.25, -0.2) is 9.97 Å². The second-order valence-corrected chi connectivity index (χ2v) is 17.4. The number of aromatic nitrogens is 2. The van der Waals surface area contributed by atoms with E-state index in [9.17, 15) is 0 Å². The Balaban J connectivity index is 1.11. The second-order valence-electron chi connectivity index (χ2n) is 16.4. The van der Waals surface area contributed by atoms with Gasteiger partial charge in [-0.05, 0) is 74.8 Å². The number of ether oxygens (including phenoxy) is 1. The highest BCUT2D eigenvalue weighted by Gasteiger charge is 2.51. The third kappa shape index (κ3) is 5.38. The molecule has 11 aromatic rings. The molecule has 4 heteroatoms. The van der Waals surface area contributed by atoms with E-state index in [1.54, 1.807) is 0 Å². The highest BCUT2D eigenvalue weighted by molar-refractivity contribution is 7.26. The Morgan fingerprint density at radius 1 is 0.365 bits per heavy atom. The van der Waals surface area contributed by atoms with Crippen LogP contribution >= 0.6 is 11.3 Å². The maximum atomic E-state index is 6.66. The Hall–Kier alpha value is -7.92. The number of fused-ring (bicyclic) bond motifs is 12. The number of rotatable bonds is 5. The van der Waals surface area contributed by atoms with Gasteiger partial charge in [-0.1, -0.05) is 188 Å². The van der Waals surface area contributed by atoms with Gasteiger partial charge in [-0.15, -0.1) is 11.3 Å². The number of para-hydroxylation sites is 2. The Bertz CT molecular complexity index is 3560. The summed E-state index contributed by atoms with van der Waals surface area (Å²) in [7, 11) is 0. The van der Waals surface area contributed by atoms with E-state index in [4.69, 9.17) is 14.7 Å². The summed E-state index contributed by atoms with van der Waals surface area (Å²) in [6.07, 6.45) is 0. The largest absolute Gasteiger partial charge is 0.457 e. The molecule has 0 saturated carbocycles. The summed E-state index contributed by atoms with van der Waals surface area (Å²) in [6, 6.07) is 78.2. The highest BCUT2D eigenvalue weighted by atomic mass is 32.1. The molecule has 0 amide bonds. The zero-order valence-electron chi connectivity index (χ0n) is 34.0. The Labute approximate surface area is 369 Å². The number of hydrogen-bond donors (Lipinski definition) is 0. The lowest BCUT2D eigenvalue weighted by Gasteiger charge is -2.39. The average molecular weight is 821 g/mol. The van der Waals surface area contributed by atoms with Crippen LogP contribution in [0.1, 0.15) is 22.3 Å². The summed E-state index contributed by atoms with van der Waals surface area (Å²) < 4.78 is 9.13. The highest BCUT2D eigenvalue weighted by Crippen LogP contribution is 2.63. The van der Waals surface area contributed by atoms with Gasteiger partial charge in [-0.2, -0.15) is 0 Å². The fourth-order valence-electron chi connectivity index (χ4n) is 10.3. The van der Waals surface area contributed by atoms with E-state index in [2.05, 4.69) is 218 Å². The van der Waals surface area contributed by atoms with Gasteiger partial charge in [0.15, 0.2) is 5.82 Å². The Morgan fingerprint density at radius 2 is 0.937 bits per heavy atom. The van der Waals surface area contributed by atoms with Gasteiger partial charge in [-0.3, -0.25) is 0 Å². The molecule has 13 rings (SSSR count).